The summed E-state index contributed by atoms with van der Waals surface area (Å²) in [7, 11) is 0. The largest absolute Gasteiger partial charge is 0.465 e. The zero-order valence-corrected chi connectivity index (χ0v) is 10.1. The second kappa shape index (κ2) is 3.80. The number of hydrogen-bond acceptors (Lipinski definition) is 2. The van der Waals surface area contributed by atoms with Crippen molar-refractivity contribution in [2.75, 3.05) is 6.61 Å². The third-order valence-corrected chi connectivity index (χ3v) is 4.75. The van der Waals surface area contributed by atoms with E-state index in [9.17, 15) is 4.79 Å². The molecule has 3 aliphatic rings. The Hall–Kier alpha value is -0.530. The fourth-order valence-electron chi connectivity index (χ4n) is 3.46. The van der Waals surface area contributed by atoms with Gasteiger partial charge in [-0.05, 0) is 42.4 Å². The summed E-state index contributed by atoms with van der Waals surface area (Å²) in [6.07, 6.45) is 4.46. The van der Waals surface area contributed by atoms with Crippen LogP contribution in [0.4, 0.5) is 0 Å². The molecule has 0 spiro atoms. The van der Waals surface area contributed by atoms with E-state index in [2.05, 4.69) is 13.8 Å². The van der Waals surface area contributed by atoms with Gasteiger partial charge < -0.3 is 4.74 Å². The summed E-state index contributed by atoms with van der Waals surface area (Å²) >= 11 is 0. The Balaban J connectivity index is 1.86. The molecule has 0 N–H and O–H groups in total. The van der Waals surface area contributed by atoms with Gasteiger partial charge in [-0.2, -0.15) is 0 Å². The number of esters is 1. The quantitative estimate of drug-likeness (QED) is 0.669. The first-order valence-electron chi connectivity index (χ1n) is 6.21. The Morgan fingerprint density at radius 3 is 2.67 bits per heavy atom. The first-order valence-corrected chi connectivity index (χ1v) is 6.21. The van der Waals surface area contributed by atoms with Crippen molar-refractivity contribution in [3.63, 3.8) is 0 Å². The molecule has 0 aromatic heterocycles. The monoisotopic (exact) mass is 210 g/mol. The number of carbonyl (C=O) groups excluding carboxylic acids is 1. The summed E-state index contributed by atoms with van der Waals surface area (Å²) in [5, 5.41) is 0. The molecule has 0 aromatic carbocycles. The third kappa shape index (κ3) is 1.79. The van der Waals surface area contributed by atoms with Gasteiger partial charge in [0.2, 0.25) is 0 Å². The number of hydrogen-bond donors (Lipinski definition) is 0. The van der Waals surface area contributed by atoms with E-state index in [0.717, 1.165) is 11.8 Å². The topological polar surface area (TPSA) is 26.3 Å². The van der Waals surface area contributed by atoms with Crippen molar-refractivity contribution >= 4 is 5.97 Å². The Morgan fingerprint density at radius 1 is 1.40 bits per heavy atom. The van der Waals surface area contributed by atoms with Gasteiger partial charge in [0.1, 0.15) is 0 Å². The van der Waals surface area contributed by atoms with Crippen LogP contribution in [0.2, 0.25) is 0 Å². The van der Waals surface area contributed by atoms with Crippen LogP contribution >= 0.6 is 0 Å². The van der Waals surface area contributed by atoms with Crippen LogP contribution in [0.15, 0.2) is 0 Å². The minimum Gasteiger partial charge on any atom is -0.465 e. The summed E-state index contributed by atoms with van der Waals surface area (Å²) in [5.74, 6) is 2.30. The molecule has 3 fully saturated rings. The van der Waals surface area contributed by atoms with E-state index < -0.39 is 0 Å². The summed E-state index contributed by atoms with van der Waals surface area (Å²) in [6.45, 7) is 7.26. The minimum atomic E-state index is -0.0470. The van der Waals surface area contributed by atoms with Crippen molar-refractivity contribution in [3.05, 3.63) is 0 Å². The highest BCUT2D eigenvalue weighted by Gasteiger charge is 2.54. The lowest BCUT2D eigenvalue weighted by atomic mass is 9.46. The molecule has 15 heavy (non-hydrogen) atoms. The molecule has 3 saturated carbocycles. The summed E-state index contributed by atoms with van der Waals surface area (Å²) in [6, 6.07) is 0. The van der Waals surface area contributed by atoms with Crippen LogP contribution < -0.4 is 0 Å². The van der Waals surface area contributed by atoms with Crippen LogP contribution in [-0.4, -0.2) is 12.6 Å². The maximum Gasteiger partial charge on any atom is 0.305 e. The molecule has 86 valence electrons. The zero-order valence-electron chi connectivity index (χ0n) is 10.1. The van der Waals surface area contributed by atoms with Crippen LogP contribution in [0.5, 0.6) is 0 Å². The molecule has 2 nitrogen and oxygen atoms in total. The molecule has 2 heteroatoms. The third-order valence-electron chi connectivity index (χ3n) is 4.75. The lowest BCUT2D eigenvalue weighted by molar-refractivity contribution is -0.155. The average Bonchev–Trinajstić information content (AvgIpc) is 2.25. The van der Waals surface area contributed by atoms with E-state index in [1.54, 1.807) is 0 Å². The molecule has 3 atom stereocenters. The highest BCUT2D eigenvalue weighted by atomic mass is 16.5. The molecular weight excluding hydrogens is 188 g/mol. The van der Waals surface area contributed by atoms with E-state index in [-0.39, 0.29) is 5.97 Å². The van der Waals surface area contributed by atoms with E-state index in [1.165, 1.54) is 19.3 Å². The minimum absolute atomic E-state index is 0.0470. The maximum absolute atomic E-state index is 11.1. The number of carbonyl (C=O) groups is 1. The first-order chi connectivity index (χ1) is 7.05. The lowest BCUT2D eigenvalue weighted by Gasteiger charge is -2.60. The molecule has 0 radical (unpaired) electrons. The van der Waals surface area contributed by atoms with Gasteiger partial charge in [0, 0.05) is 6.42 Å². The standard InChI is InChI=1S/C13H22O2/c1-4-12(14)15-8-9-5-6-10-7-11(9)13(10,2)3/h9-11H,4-8H2,1-3H3/t9-,10-,11-/m0/s1. The van der Waals surface area contributed by atoms with Gasteiger partial charge in [-0.25, -0.2) is 0 Å². The van der Waals surface area contributed by atoms with E-state index in [4.69, 9.17) is 4.74 Å². The van der Waals surface area contributed by atoms with Crippen LogP contribution in [0.3, 0.4) is 0 Å². The molecule has 0 aromatic rings. The fraction of sp³-hybridized carbons (Fsp3) is 0.923. The van der Waals surface area contributed by atoms with Crippen molar-refractivity contribution in [1.82, 2.24) is 0 Å². The van der Waals surface area contributed by atoms with Crippen LogP contribution in [0.25, 0.3) is 0 Å². The molecular formula is C13H22O2. The number of rotatable bonds is 3. The molecule has 0 unspecified atom stereocenters. The van der Waals surface area contributed by atoms with Crippen molar-refractivity contribution in [2.45, 2.75) is 46.5 Å². The van der Waals surface area contributed by atoms with Gasteiger partial charge in [-0.15, -0.1) is 0 Å². The van der Waals surface area contributed by atoms with Crippen molar-refractivity contribution in [3.8, 4) is 0 Å². The SMILES string of the molecule is CCC(=O)OC[C@@H]1CC[C@H]2C[C@@H]1C2(C)C. The summed E-state index contributed by atoms with van der Waals surface area (Å²) in [5.41, 5.74) is 0.502. The first kappa shape index (κ1) is 11.0. The molecule has 0 amide bonds. The predicted molar refractivity (Wildman–Crippen MR) is 59.4 cm³/mol. The lowest BCUT2D eigenvalue weighted by Crippen LogP contribution is -2.53. The summed E-state index contributed by atoms with van der Waals surface area (Å²) in [4.78, 5) is 11.1. The molecule has 0 aliphatic heterocycles. The second-order valence-electron chi connectivity index (χ2n) is 5.73. The highest BCUT2D eigenvalue weighted by Crippen LogP contribution is 2.61. The Kier molecular flexibility index (Phi) is 2.78. The molecule has 0 heterocycles. The predicted octanol–water partition coefficient (Wildman–Crippen LogP) is 3.01. The van der Waals surface area contributed by atoms with Gasteiger partial charge in [0.15, 0.2) is 0 Å². The van der Waals surface area contributed by atoms with Crippen LogP contribution in [-0.2, 0) is 9.53 Å². The fourth-order valence-corrected chi connectivity index (χ4v) is 3.46. The number of fused-ring (bicyclic) bond motifs is 2. The van der Waals surface area contributed by atoms with E-state index >= 15 is 0 Å². The zero-order chi connectivity index (χ0) is 11.1. The van der Waals surface area contributed by atoms with Crippen LogP contribution in [0.1, 0.15) is 46.5 Å². The van der Waals surface area contributed by atoms with Gasteiger partial charge in [0.25, 0.3) is 0 Å². The van der Waals surface area contributed by atoms with Gasteiger partial charge in [0.05, 0.1) is 6.61 Å². The Labute approximate surface area is 92.4 Å². The van der Waals surface area contributed by atoms with Gasteiger partial charge in [-0.1, -0.05) is 20.8 Å². The highest BCUT2D eigenvalue weighted by molar-refractivity contribution is 5.68. The second-order valence-corrected chi connectivity index (χ2v) is 5.73. The molecule has 3 aliphatic carbocycles. The Bertz CT molecular complexity index is 255. The van der Waals surface area contributed by atoms with Crippen LogP contribution in [0, 0.1) is 23.2 Å². The van der Waals surface area contributed by atoms with Gasteiger partial charge in [-0.3, -0.25) is 4.79 Å². The number of ether oxygens (including phenoxy) is 1. The van der Waals surface area contributed by atoms with Gasteiger partial charge >= 0.3 is 5.97 Å². The van der Waals surface area contributed by atoms with Crippen molar-refractivity contribution < 1.29 is 9.53 Å². The smallest absolute Gasteiger partial charge is 0.305 e. The Morgan fingerprint density at radius 2 is 2.13 bits per heavy atom. The van der Waals surface area contributed by atoms with Crippen molar-refractivity contribution in [1.29, 1.82) is 0 Å². The average molecular weight is 210 g/mol. The maximum atomic E-state index is 11.1. The van der Waals surface area contributed by atoms with E-state index in [0.29, 0.717) is 24.4 Å². The molecule has 2 bridgehead atoms. The molecule has 3 rings (SSSR count). The molecule has 0 saturated heterocycles. The van der Waals surface area contributed by atoms with Crippen molar-refractivity contribution in [2.24, 2.45) is 23.2 Å². The van der Waals surface area contributed by atoms with E-state index in [1.807, 2.05) is 6.92 Å². The normalized spacial score (nSPS) is 36.9. The summed E-state index contributed by atoms with van der Waals surface area (Å²) < 4.78 is 5.28.